The minimum Gasteiger partial charge on any atom is -0.508 e. The van der Waals surface area contributed by atoms with Gasteiger partial charge < -0.3 is 24.5 Å². The minimum atomic E-state index is -0.623. The van der Waals surface area contributed by atoms with E-state index in [2.05, 4.69) is 21.2 Å². The molecule has 4 aromatic rings. The lowest BCUT2D eigenvalue weighted by molar-refractivity contribution is 0.202. The number of aryl methyl sites for hydroxylation is 1. The maximum Gasteiger partial charge on any atom is 0.349 e. The fourth-order valence-electron chi connectivity index (χ4n) is 5.28. The van der Waals surface area contributed by atoms with Crippen molar-refractivity contribution in [2.45, 2.75) is 26.2 Å². The Morgan fingerprint density at radius 2 is 2.03 bits per heavy atom. The van der Waals surface area contributed by atoms with Gasteiger partial charge in [-0.3, -0.25) is 0 Å². The van der Waals surface area contributed by atoms with E-state index in [4.69, 9.17) is 15.6 Å². The van der Waals surface area contributed by atoms with E-state index in [1.807, 2.05) is 4.90 Å². The molecule has 0 saturated carbocycles. The zero-order valence-corrected chi connectivity index (χ0v) is 21.0. The minimum absolute atomic E-state index is 0.0228. The number of aromatic nitrogens is 2. The van der Waals surface area contributed by atoms with Crippen molar-refractivity contribution < 1.29 is 18.7 Å². The maximum absolute atomic E-state index is 14.7. The Hall–Kier alpha value is -4.16. The fourth-order valence-corrected chi connectivity index (χ4v) is 5.28. The molecule has 0 unspecified atom stereocenters. The van der Waals surface area contributed by atoms with Gasteiger partial charge in [0.1, 0.15) is 22.7 Å². The van der Waals surface area contributed by atoms with E-state index in [0.29, 0.717) is 45.8 Å². The fraction of sp³-hybridized carbons (Fsp3) is 0.345. The van der Waals surface area contributed by atoms with Crippen LogP contribution in [-0.2, 0) is 0 Å². The molecule has 2 fully saturated rings. The van der Waals surface area contributed by atoms with E-state index in [0.717, 1.165) is 45.4 Å². The summed E-state index contributed by atoms with van der Waals surface area (Å²) in [6.07, 6.45) is 8.68. The highest BCUT2D eigenvalue weighted by Crippen LogP contribution is 2.39. The van der Waals surface area contributed by atoms with Gasteiger partial charge in [0.25, 0.3) is 0 Å². The third-order valence-corrected chi connectivity index (χ3v) is 7.47. The van der Waals surface area contributed by atoms with E-state index < -0.39 is 11.4 Å². The molecule has 0 aliphatic carbocycles. The molecule has 2 aromatic carbocycles. The second-order valence-electron chi connectivity index (χ2n) is 9.90. The predicted octanol–water partition coefficient (Wildman–Crippen LogP) is 4.13. The van der Waals surface area contributed by atoms with E-state index in [9.17, 15) is 14.3 Å². The number of hydrogen-bond acceptors (Lipinski definition) is 8. The molecule has 194 valence electrons. The average molecular weight is 515 g/mol. The summed E-state index contributed by atoms with van der Waals surface area (Å²) < 4.78 is 26.6. The molecule has 6 rings (SSSR count). The molecular weight excluding hydrogens is 487 g/mol. The quantitative estimate of drug-likeness (QED) is 0.384. The lowest BCUT2D eigenvalue weighted by Gasteiger charge is -2.32. The van der Waals surface area contributed by atoms with E-state index in [1.165, 1.54) is 24.3 Å². The number of terminal acetylenes is 1. The van der Waals surface area contributed by atoms with Gasteiger partial charge in [-0.05, 0) is 68.8 Å². The summed E-state index contributed by atoms with van der Waals surface area (Å²) in [4.78, 5) is 24.7. The molecule has 2 N–H and O–H groups in total. The largest absolute Gasteiger partial charge is 0.508 e. The molecule has 0 spiro atoms. The lowest BCUT2D eigenvalue weighted by atomic mass is 9.95. The molecule has 0 bridgehead atoms. The molecule has 4 heterocycles. The zero-order chi connectivity index (χ0) is 26.4. The van der Waals surface area contributed by atoms with Crippen molar-refractivity contribution in [1.82, 2.24) is 15.3 Å². The molecule has 38 heavy (non-hydrogen) atoms. The van der Waals surface area contributed by atoms with Gasteiger partial charge >= 0.3 is 11.6 Å². The standard InChI is InChI=1S/C29H27FN4O4/c1-3-20-22(30)6-5-18-13-19(35)14-21(23(18)20)26-16(2)25-24(28(36)38-26)27(34-11-4-12-34)33-29(32-25)37-15-17-7-9-31-10-8-17/h1,5-6,13-14,17,31,35H,4,7-12,15H2,2H3. The SMILES string of the molecule is C#Cc1c(F)ccc2cc(O)cc(-c3oc(=O)c4c(N5CCC5)nc(OCC5CCNCC5)nc4c3C)c12. The first-order valence-corrected chi connectivity index (χ1v) is 12.8. The second-order valence-corrected chi connectivity index (χ2v) is 9.90. The molecule has 2 aromatic heterocycles. The van der Waals surface area contributed by atoms with Crippen molar-refractivity contribution in [3.05, 3.63) is 51.6 Å². The summed E-state index contributed by atoms with van der Waals surface area (Å²) in [6, 6.07) is 5.90. The molecule has 2 aliphatic rings. The molecular formula is C29H27FN4O4. The maximum atomic E-state index is 14.7. The lowest BCUT2D eigenvalue weighted by Crippen LogP contribution is -2.38. The summed E-state index contributed by atoms with van der Waals surface area (Å²) in [5, 5.41) is 15.0. The van der Waals surface area contributed by atoms with E-state index in [-0.39, 0.29) is 28.5 Å². The number of nitrogens with one attached hydrogen (secondary N) is 1. The number of ether oxygens (including phenoxy) is 1. The number of phenols is 1. The number of rotatable bonds is 5. The molecule has 2 aliphatic heterocycles. The first-order chi connectivity index (χ1) is 18.4. The number of halogens is 1. The Morgan fingerprint density at radius 1 is 1.24 bits per heavy atom. The van der Waals surface area contributed by atoms with Crippen LogP contribution in [0.4, 0.5) is 10.2 Å². The van der Waals surface area contributed by atoms with Gasteiger partial charge in [-0.25, -0.2) is 9.18 Å². The van der Waals surface area contributed by atoms with Crippen LogP contribution in [0, 0.1) is 31.0 Å². The molecule has 2 saturated heterocycles. The van der Waals surface area contributed by atoms with Gasteiger partial charge in [-0.2, -0.15) is 9.97 Å². The Kier molecular flexibility index (Phi) is 6.12. The number of fused-ring (bicyclic) bond motifs is 2. The monoisotopic (exact) mass is 514 g/mol. The van der Waals surface area contributed by atoms with Gasteiger partial charge in [0, 0.05) is 29.6 Å². The smallest absolute Gasteiger partial charge is 0.349 e. The predicted molar refractivity (Wildman–Crippen MR) is 143 cm³/mol. The van der Waals surface area contributed by atoms with Gasteiger partial charge in [0.2, 0.25) is 0 Å². The van der Waals surface area contributed by atoms with Gasteiger partial charge in [-0.1, -0.05) is 12.0 Å². The third kappa shape index (κ3) is 4.11. The first kappa shape index (κ1) is 24.2. The number of aromatic hydroxyl groups is 1. The number of nitrogens with zero attached hydrogens (tertiary/aromatic N) is 3. The Bertz CT molecular complexity index is 1670. The zero-order valence-electron chi connectivity index (χ0n) is 21.0. The number of phenolic OH excluding ortho intramolecular Hbond substituents is 1. The van der Waals surface area contributed by atoms with Crippen LogP contribution in [0.15, 0.2) is 33.5 Å². The van der Waals surface area contributed by atoms with Gasteiger partial charge in [-0.15, -0.1) is 6.42 Å². The average Bonchev–Trinajstić information content (AvgIpc) is 2.88. The van der Waals surface area contributed by atoms with Crippen LogP contribution in [0.3, 0.4) is 0 Å². The van der Waals surface area contributed by atoms with Gasteiger partial charge in [0.05, 0.1) is 17.7 Å². The highest BCUT2D eigenvalue weighted by molar-refractivity contribution is 6.03. The highest BCUT2D eigenvalue weighted by Gasteiger charge is 2.27. The van der Waals surface area contributed by atoms with Crippen LogP contribution in [-0.4, -0.2) is 47.9 Å². The summed E-state index contributed by atoms with van der Waals surface area (Å²) in [7, 11) is 0. The van der Waals surface area contributed by atoms with Crippen LogP contribution in [0.25, 0.3) is 33.0 Å². The van der Waals surface area contributed by atoms with Crippen LogP contribution in [0.5, 0.6) is 11.8 Å². The van der Waals surface area contributed by atoms with Crippen molar-refractivity contribution in [2.24, 2.45) is 5.92 Å². The molecule has 0 amide bonds. The Labute approximate surface area is 218 Å². The number of anilines is 1. The normalized spacial score (nSPS) is 16.0. The van der Waals surface area contributed by atoms with Crippen LogP contribution >= 0.6 is 0 Å². The number of hydrogen-bond donors (Lipinski definition) is 2. The van der Waals surface area contributed by atoms with Crippen LogP contribution in [0.2, 0.25) is 0 Å². The summed E-state index contributed by atoms with van der Waals surface area (Å²) in [5.74, 6) is 2.79. The summed E-state index contributed by atoms with van der Waals surface area (Å²) in [5.41, 5.74) is 0.639. The number of piperidine rings is 1. The number of benzene rings is 2. The van der Waals surface area contributed by atoms with E-state index in [1.54, 1.807) is 6.92 Å². The van der Waals surface area contributed by atoms with Crippen molar-refractivity contribution in [1.29, 1.82) is 0 Å². The Balaban J connectivity index is 1.56. The molecule has 9 heteroatoms. The highest BCUT2D eigenvalue weighted by atomic mass is 19.1. The van der Waals surface area contributed by atoms with Gasteiger partial charge in [0.15, 0.2) is 5.82 Å². The molecule has 8 nitrogen and oxygen atoms in total. The summed E-state index contributed by atoms with van der Waals surface area (Å²) in [6.45, 7) is 5.70. The van der Waals surface area contributed by atoms with Crippen molar-refractivity contribution in [2.75, 3.05) is 37.7 Å². The van der Waals surface area contributed by atoms with Crippen molar-refractivity contribution >= 4 is 27.5 Å². The van der Waals surface area contributed by atoms with Crippen molar-refractivity contribution in [3.63, 3.8) is 0 Å². The van der Waals surface area contributed by atoms with Crippen LogP contribution in [0.1, 0.15) is 30.4 Å². The first-order valence-electron chi connectivity index (χ1n) is 12.8. The summed E-state index contributed by atoms with van der Waals surface area (Å²) >= 11 is 0. The van der Waals surface area contributed by atoms with Crippen molar-refractivity contribution in [3.8, 4) is 35.4 Å². The van der Waals surface area contributed by atoms with Crippen LogP contribution < -0.4 is 20.6 Å². The van der Waals surface area contributed by atoms with E-state index >= 15 is 0 Å². The second kappa shape index (κ2) is 9.62. The third-order valence-electron chi connectivity index (χ3n) is 7.47. The Morgan fingerprint density at radius 3 is 2.74 bits per heavy atom. The topological polar surface area (TPSA) is 101 Å². The molecule has 0 atom stereocenters. The molecule has 0 radical (unpaired) electrons.